The van der Waals surface area contributed by atoms with E-state index in [0.29, 0.717) is 10.6 Å². The van der Waals surface area contributed by atoms with Crippen molar-refractivity contribution in [3.63, 3.8) is 0 Å². The smallest absolute Gasteiger partial charge is 0.162 e. The highest BCUT2D eigenvalue weighted by Gasteiger charge is 2.04. The molecule has 0 spiro atoms. The topological polar surface area (TPSA) is 30.0 Å². The number of hydrogen-bond donors (Lipinski definition) is 0. The summed E-state index contributed by atoms with van der Waals surface area (Å²) in [6, 6.07) is 1.68. The van der Waals surface area contributed by atoms with E-state index in [1.807, 2.05) is 6.92 Å². The van der Waals surface area contributed by atoms with Crippen molar-refractivity contribution >= 4 is 17.4 Å². The lowest BCUT2D eigenvalue weighted by Crippen LogP contribution is -1.95. The largest absolute Gasteiger partial charge is 0.294 e. The molecule has 0 unspecified atom stereocenters. The Kier molecular flexibility index (Phi) is 2.25. The van der Waals surface area contributed by atoms with Crippen LogP contribution in [0.15, 0.2) is 12.3 Å². The summed E-state index contributed by atoms with van der Waals surface area (Å²) in [6.07, 6.45) is 1.50. The SMILES string of the molecule is CC(=O)c1cnc(C)cc1Cl. The van der Waals surface area contributed by atoms with E-state index in [9.17, 15) is 4.79 Å². The lowest BCUT2D eigenvalue weighted by atomic mass is 10.2. The number of hydrogen-bond acceptors (Lipinski definition) is 2. The van der Waals surface area contributed by atoms with Crippen molar-refractivity contribution in [3.05, 3.63) is 28.5 Å². The molecule has 1 aromatic heterocycles. The number of rotatable bonds is 1. The predicted molar refractivity (Wildman–Crippen MR) is 44.0 cm³/mol. The molecule has 0 amide bonds. The number of halogens is 1. The van der Waals surface area contributed by atoms with Gasteiger partial charge in [-0.3, -0.25) is 9.78 Å². The number of carbonyl (C=O) groups is 1. The molecule has 0 aliphatic carbocycles. The third-order valence-electron chi connectivity index (χ3n) is 1.37. The summed E-state index contributed by atoms with van der Waals surface area (Å²) in [4.78, 5) is 14.8. The molecule has 58 valence electrons. The van der Waals surface area contributed by atoms with Crippen LogP contribution in [0.25, 0.3) is 0 Å². The monoisotopic (exact) mass is 169 g/mol. The summed E-state index contributed by atoms with van der Waals surface area (Å²) in [7, 11) is 0. The number of aryl methyl sites for hydroxylation is 1. The zero-order chi connectivity index (χ0) is 8.43. The molecule has 0 aliphatic heterocycles. The third kappa shape index (κ3) is 1.77. The molecule has 0 aliphatic rings. The van der Waals surface area contributed by atoms with Gasteiger partial charge in [0.05, 0.1) is 10.6 Å². The summed E-state index contributed by atoms with van der Waals surface area (Å²) in [5.41, 5.74) is 1.30. The fraction of sp³-hybridized carbons (Fsp3) is 0.250. The van der Waals surface area contributed by atoms with E-state index in [1.165, 1.54) is 13.1 Å². The highest BCUT2D eigenvalue weighted by molar-refractivity contribution is 6.33. The van der Waals surface area contributed by atoms with Crippen molar-refractivity contribution < 1.29 is 4.79 Å². The highest BCUT2D eigenvalue weighted by atomic mass is 35.5. The van der Waals surface area contributed by atoms with Crippen LogP contribution in [0, 0.1) is 6.92 Å². The summed E-state index contributed by atoms with van der Waals surface area (Å²) in [5, 5.41) is 0.477. The van der Waals surface area contributed by atoms with Crippen molar-refractivity contribution in [1.29, 1.82) is 0 Å². The van der Waals surface area contributed by atoms with E-state index >= 15 is 0 Å². The van der Waals surface area contributed by atoms with E-state index in [4.69, 9.17) is 11.6 Å². The number of carbonyl (C=O) groups excluding carboxylic acids is 1. The van der Waals surface area contributed by atoms with Gasteiger partial charge in [-0.15, -0.1) is 0 Å². The first-order chi connectivity index (χ1) is 5.11. The molecule has 0 fully saturated rings. The fourth-order valence-corrected chi connectivity index (χ4v) is 1.13. The van der Waals surface area contributed by atoms with E-state index in [0.717, 1.165) is 5.69 Å². The minimum atomic E-state index is -0.0532. The van der Waals surface area contributed by atoms with Crippen LogP contribution in [0.2, 0.25) is 5.02 Å². The average Bonchev–Trinajstić information content (AvgIpc) is 1.85. The maximum atomic E-state index is 10.9. The lowest BCUT2D eigenvalue weighted by molar-refractivity contribution is 0.101. The molecule has 2 nitrogen and oxygen atoms in total. The number of nitrogens with zero attached hydrogens (tertiary/aromatic N) is 1. The van der Waals surface area contributed by atoms with Crippen LogP contribution in [0.3, 0.4) is 0 Å². The minimum Gasteiger partial charge on any atom is -0.294 e. The Morgan fingerprint density at radius 1 is 1.64 bits per heavy atom. The Morgan fingerprint density at radius 2 is 2.27 bits per heavy atom. The molecule has 0 saturated heterocycles. The Hall–Kier alpha value is -0.890. The maximum absolute atomic E-state index is 10.9. The fourth-order valence-electron chi connectivity index (χ4n) is 0.786. The van der Waals surface area contributed by atoms with Gasteiger partial charge in [0.1, 0.15) is 0 Å². The molecule has 1 aromatic rings. The molecule has 0 saturated carbocycles. The van der Waals surface area contributed by atoms with Crippen LogP contribution in [0.5, 0.6) is 0 Å². The third-order valence-corrected chi connectivity index (χ3v) is 1.68. The lowest BCUT2D eigenvalue weighted by Gasteiger charge is -1.98. The van der Waals surface area contributed by atoms with Crippen LogP contribution in [0.1, 0.15) is 23.0 Å². The molecular weight excluding hydrogens is 162 g/mol. The second kappa shape index (κ2) is 3.01. The summed E-state index contributed by atoms with van der Waals surface area (Å²) in [5.74, 6) is -0.0532. The average molecular weight is 170 g/mol. The second-order valence-corrected chi connectivity index (χ2v) is 2.77. The van der Waals surface area contributed by atoms with Crippen molar-refractivity contribution in [2.45, 2.75) is 13.8 Å². The number of pyridine rings is 1. The first kappa shape index (κ1) is 8.21. The van der Waals surface area contributed by atoms with Gasteiger partial charge in [0, 0.05) is 11.9 Å². The molecule has 3 heteroatoms. The summed E-state index contributed by atoms with van der Waals surface area (Å²) in [6.45, 7) is 3.30. The van der Waals surface area contributed by atoms with Crippen molar-refractivity contribution in [1.82, 2.24) is 4.98 Å². The van der Waals surface area contributed by atoms with E-state index in [2.05, 4.69) is 4.98 Å². The van der Waals surface area contributed by atoms with Crippen LogP contribution in [0.4, 0.5) is 0 Å². The molecule has 11 heavy (non-hydrogen) atoms. The molecule has 1 heterocycles. The van der Waals surface area contributed by atoms with Gasteiger partial charge in [-0.05, 0) is 19.9 Å². The molecule has 0 radical (unpaired) electrons. The Bertz CT molecular complexity index is 296. The Balaban J connectivity index is 3.20. The quantitative estimate of drug-likeness (QED) is 0.604. The van der Waals surface area contributed by atoms with E-state index < -0.39 is 0 Å². The number of aromatic nitrogens is 1. The van der Waals surface area contributed by atoms with E-state index in [-0.39, 0.29) is 5.78 Å². The molecular formula is C8H8ClNO. The summed E-state index contributed by atoms with van der Waals surface area (Å²) >= 11 is 5.76. The van der Waals surface area contributed by atoms with Gasteiger partial charge in [0.2, 0.25) is 0 Å². The van der Waals surface area contributed by atoms with Crippen LogP contribution in [-0.4, -0.2) is 10.8 Å². The zero-order valence-electron chi connectivity index (χ0n) is 6.39. The standard InChI is InChI=1S/C8H8ClNO/c1-5-3-8(9)7(4-10-5)6(2)11/h3-4H,1-2H3. The van der Waals surface area contributed by atoms with E-state index in [1.54, 1.807) is 6.07 Å². The second-order valence-electron chi connectivity index (χ2n) is 2.36. The normalized spacial score (nSPS) is 9.73. The first-order valence-electron chi connectivity index (χ1n) is 3.24. The Morgan fingerprint density at radius 3 is 2.73 bits per heavy atom. The van der Waals surface area contributed by atoms with Gasteiger partial charge >= 0.3 is 0 Å². The van der Waals surface area contributed by atoms with Crippen LogP contribution >= 0.6 is 11.6 Å². The predicted octanol–water partition coefficient (Wildman–Crippen LogP) is 2.25. The number of Topliss-reactive ketones (excluding diaryl/α,β-unsaturated/α-hetero) is 1. The molecule has 0 N–H and O–H groups in total. The van der Waals surface area contributed by atoms with Gasteiger partial charge in [0.15, 0.2) is 5.78 Å². The zero-order valence-corrected chi connectivity index (χ0v) is 7.14. The molecule has 1 rings (SSSR count). The van der Waals surface area contributed by atoms with Gasteiger partial charge in [0.25, 0.3) is 0 Å². The first-order valence-corrected chi connectivity index (χ1v) is 3.62. The Labute approximate surface area is 70.2 Å². The van der Waals surface area contributed by atoms with Crippen LogP contribution in [-0.2, 0) is 0 Å². The van der Waals surface area contributed by atoms with Gasteiger partial charge in [-0.2, -0.15) is 0 Å². The van der Waals surface area contributed by atoms with Gasteiger partial charge in [-0.1, -0.05) is 11.6 Å². The van der Waals surface area contributed by atoms with Gasteiger partial charge < -0.3 is 0 Å². The molecule has 0 aromatic carbocycles. The van der Waals surface area contributed by atoms with Crippen molar-refractivity contribution in [3.8, 4) is 0 Å². The van der Waals surface area contributed by atoms with Crippen molar-refractivity contribution in [2.75, 3.05) is 0 Å². The molecule has 0 bridgehead atoms. The van der Waals surface area contributed by atoms with Gasteiger partial charge in [-0.25, -0.2) is 0 Å². The number of ketones is 1. The van der Waals surface area contributed by atoms with Crippen LogP contribution < -0.4 is 0 Å². The summed E-state index contributed by atoms with van der Waals surface area (Å²) < 4.78 is 0. The molecule has 0 atom stereocenters. The van der Waals surface area contributed by atoms with Crippen molar-refractivity contribution in [2.24, 2.45) is 0 Å². The highest BCUT2D eigenvalue weighted by Crippen LogP contribution is 2.15. The maximum Gasteiger partial charge on any atom is 0.162 e. The minimum absolute atomic E-state index is 0.0532.